The van der Waals surface area contributed by atoms with Crippen LogP contribution in [-0.2, 0) is 16.1 Å². The first kappa shape index (κ1) is 15.3. The van der Waals surface area contributed by atoms with Crippen LogP contribution in [0.1, 0.15) is 25.3 Å². The second kappa shape index (κ2) is 7.09. The number of nitrogens with zero attached hydrogens (tertiary/aromatic N) is 1. The van der Waals surface area contributed by atoms with E-state index in [4.69, 9.17) is 16.3 Å². The van der Waals surface area contributed by atoms with Gasteiger partial charge in [0.25, 0.3) is 0 Å². The summed E-state index contributed by atoms with van der Waals surface area (Å²) in [6.07, 6.45) is 1.56. The number of likely N-dealkylation sites (tertiary alicyclic amines) is 1. The van der Waals surface area contributed by atoms with Crippen LogP contribution < -0.4 is 0 Å². The van der Waals surface area contributed by atoms with Gasteiger partial charge >= 0.3 is 5.97 Å². The van der Waals surface area contributed by atoms with Gasteiger partial charge in [0.05, 0.1) is 12.0 Å². The quantitative estimate of drug-likeness (QED) is 0.618. The van der Waals surface area contributed by atoms with Gasteiger partial charge < -0.3 is 4.74 Å². The van der Waals surface area contributed by atoms with Gasteiger partial charge in [0.2, 0.25) is 0 Å². The Morgan fingerprint density at radius 2 is 1.95 bits per heavy atom. The fraction of sp³-hybridized carbons (Fsp3) is 0.562. The number of alkyl halides is 1. The average molecular weight is 296 g/mol. The predicted molar refractivity (Wildman–Crippen MR) is 80.7 cm³/mol. The molecule has 0 bridgehead atoms. The molecule has 1 saturated heterocycles. The lowest BCUT2D eigenvalue weighted by atomic mass is 9.80. The molecule has 3 nitrogen and oxygen atoms in total. The fourth-order valence-corrected chi connectivity index (χ4v) is 3.03. The lowest BCUT2D eigenvalue weighted by Crippen LogP contribution is -2.46. The van der Waals surface area contributed by atoms with Crippen LogP contribution in [0.4, 0.5) is 0 Å². The predicted octanol–water partition coefficient (Wildman–Crippen LogP) is 3.07. The smallest absolute Gasteiger partial charge is 0.313 e. The maximum atomic E-state index is 12.1. The van der Waals surface area contributed by atoms with Crippen LogP contribution in [0.5, 0.6) is 0 Å². The van der Waals surface area contributed by atoms with Gasteiger partial charge in [-0.3, -0.25) is 9.69 Å². The monoisotopic (exact) mass is 295 g/mol. The number of benzene rings is 1. The molecule has 0 unspecified atom stereocenters. The number of rotatable bonds is 5. The summed E-state index contributed by atoms with van der Waals surface area (Å²) < 4.78 is 5.19. The molecule has 0 spiro atoms. The number of hydrogen-bond donors (Lipinski definition) is 0. The molecule has 0 aromatic heterocycles. The van der Waals surface area contributed by atoms with Crippen LogP contribution in [0, 0.1) is 5.41 Å². The van der Waals surface area contributed by atoms with Crippen LogP contribution in [0.15, 0.2) is 30.3 Å². The molecule has 0 amide bonds. The van der Waals surface area contributed by atoms with Crippen molar-refractivity contribution in [2.45, 2.75) is 26.3 Å². The van der Waals surface area contributed by atoms with Crippen molar-refractivity contribution in [3.05, 3.63) is 35.9 Å². The third-order valence-electron chi connectivity index (χ3n) is 4.03. The molecular formula is C16H22ClNO2. The Kier molecular flexibility index (Phi) is 5.44. The van der Waals surface area contributed by atoms with Crippen molar-refractivity contribution in [1.82, 2.24) is 4.90 Å². The molecule has 4 heteroatoms. The second-order valence-electron chi connectivity index (χ2n) is 5.40. The van der Waals surface area contributed by atoms with E-state index in [1.165, 1.54) is 5.56 Å². The number of esters is 1. The zero-order valence-electron chi connectivity index (χ0n) is 12.0. The van der Waals surface area contributed by atoms with Crippen molar-refractivity contribution in [3.8, 4) is 0 Å². The SMILES string of the molecule is CCOC(=O)C1(CCl)CCN(Cc2ccccc2)CC1. The highest BCUT2D eigenvalue weighted by Gasteiger charge is 2.41. The van der Waals surface area contributed by atoms with E-state index >= 15 is 0 Å². The van der Waals surface area contributed by atoms with Gasteiger partial charge in [-0.2, -0.15) is 0 Å². The Bertz CT molecular complexity index is 427. The maximum absolute atomic E-state index is 12.1. The molecule has 1 fully saturated rings. The number of carbonyl (C=O) groups is 1. The van der Waals surface area contributed by atoms with E-state index in [0.717, 1.165) is 32.5 Å². The minimum atomic E-state index is -0.481. The zero-order chi connectivity index (χ0) is 14.4. The molecule has 1 aliphatic heterocycles. The van der Waals surface area contributed by atoms with Gasteiger partial charge in [-0.15, -0.1) is 11.6 Å². The molecule has 20 heavy (non-hydrogen) atoms. The van der Waals surface area contributed by atoms with Gasteiger partial charge in [-0.1, -0.05) is 30.3 Å². The van der Waals surface area contributed by atoms with Gasteiger partial charge in [-0.25, -0.2) is 0 Å². The summed E-state index contributed by atoms with van der Waals surface area (Å²) in [5.41, 5.74) is 0.826. The number of hydrogen-bond acceptors (Lipinski definition) is 3. The number of piperidine rings is 1. The molecule has 0 radical (unpaired) electrons. The molecule has 0 N–H and O–H groups in total. The number of ether oxygens (including phenoxy) is 1. The Morgan fingerprint density at radius 1 is 1.30 bits per heavy atom. The second-order valence-corrected chi connectivity index (χ2v) is 5.66. The minimum Gasteiger partial charge on any atom is -0.466 e. The topological polar surface area (TPSA) is 29.5 Å². The van der Waals surface area contributed by atoms with Crippen molar-refractivity contribution in [2.75, 3.05) is 25.6 Å². The van der Waals surface area contributed by atoms with Gasteiger partial charge in [0.1, 0.15) is 0 Å². The van der Waals surface area contributed by atoms with Crippen molar-refractivity contribution in [1.29, 1.82) is 0 Å². The third kappa shape index (κ3) is 3.53. The van der Waals surface area contributed by atoms with Crippen molar-refractivity contribution in [2.24, 2.45) is 5.41 Å². The zero-order valence-corrected chi connectivity index (χ0v) is 12.7. The summed E-state index contributed by atoms with van der Waals surface area (Å²) in [6.45, 7) is 4.97. The highest BCUT2D eigenvalue weighted by molar-refractivity contribution is 6.19. The van der Waals surface area contributed by atoms with E-state index in [0.29, 0.717) is 12.5 Å². The summed E-state index contributed by atoms with van der Waals surface area (Å²) in [5, 5.41) is 0. The third-order valence-corrected chi connectivity index (χ3v) is 4.54. The van der Waals surface area contributed by atoms with E-state index < -0.39 is 5.41 Å². The van der Waals surface area contributed by atoms with Crippen molar-refractivity contribution < 1.29 is 9.53 Å². The fourth-order valence-electron chi connectivity index (χ4n) is 2.66. The van der Waals surface area contributed by atoms with Gasteiger partial charge in [0, 0.05) is 12.4 Å². The van der Waals surface area contributed by atoms with E-state index in [2.05, 4.69) is 29.2 Å². The maximum Gasteiger partial charge on any atom is 0.313 e. The molecule has 0 atom stereocenters. The van der Waals surface area contributed by atoms with Crippen molar-refractivity contribution >= 4 is 17.6 Å². The summed E-state index contributed by atoms with van der Waals surface area (Å²) >= 11 is 6.06. The lowest BCUT2D eigenvalue weighted by molar-refractivity contribution is -0.157. The van der Waals surface area contributed by atoms with E-state index in [1.807, 2.05) is 13.0 Å². The van der Waals surface area contributed by atoms with E-state index in [-0.39, 0.29) is 5.97 Å². The first-order valence-electron chi connectivity index (χ1n) is 7.19. The standard InChI is InChI=1S/C16H22ClNO2/c1-2-20-15(19)16(13-17)8-10-18(11-9-16)12-14-6-4-3-5-7-14/h3-7H,2,8-13H2,1H3. The van der Waals surface area contributed by atoms with Crippen LogP contribution in [-0.4, -0.2) is 36.4 Å². The summed E-state index contributed by atoms with van der Waals surface area (Å²) in [7, 11) is 0. The Labute approximate surface area is 125 Å². The number of carbonyl (C=O) groups excluding carboxylic acids is 1. The van der Waals surface area contributed by atoms with Gasteiger partial charge in [-0.05, 0) is 38.4 Å². The van der Waals surface area contributed by atoms with E-state index in [1.54, 1.807) is 0 Å². The Morgan fingerprint density at radius 3 is 2.50 bits per heavy atom. The van der Waals surface area contributed by atoms with Crippen LogP contribution in [0.3, 0.4) is 0 Å². The Balaban J connectivity index is 1.92. The summed E-state index contributed by atoms with van der Waals surface area (Å²) in [6, 6.07) is 10.4. The summed E-state index contributed by atoms with van der Waals surface area (Å²) in [4.78, 5) is 14.5. The molecular weight excluding hydrogens is 274 g/mol. The van der Waals surface area contributed by atoms with Crippen LogP contribution in [0.25, 0.3) is 0 Å². The molecule has 110 valence electrons. The first-order chi connectivity index (χ1) is 9.70. The van der Waals surface area contributed by atoms with E-state index in [9.17, 15) is 4.79 Å². The highest BCUT2D eigenvalue weighted by Crippen LogP contribution is 2.34. The average Bonchev–Trinajstić information content (AvgIpc) is 2.49. The molecule has 0 aliphatic carbocycles. The molecule has 1 aliphatic rings. The number of halogens is 1. The minimum absolute atomic E-state index is 0.130. The molecule has 0 saturated carbocycles. The lowest BCUT2D eigenvalue weighted by Gasteiger charge is -2.38. The van der Waals surface area contributed by atoms with Gasteiger partial charge in [0.15, 0.2) is 0 Å². The van der Waals surface area contributed by atoms with Crippen molar-refractivity contribution in [3.63, 3.8) is 0 Å². The first-order valence-corrected chi connectivity index (χ1v) is 7.73. The largest absolute Gasteiger partial charge is 0.466 e. The van der Waals surface area contributed by atoms with Crippen LogP contribution in [0.2, 0.25) is 0 Å². The molecule has 1 heterocycles. The molecule has 1 aromatic rings. The normalized spacial score (nSPS) is 18.7. The Hall–Kier alpha value is -1.06. The van der Waals surface area contributed by atoms with Crippen LogP contribution >= 0.6 is 11.6 Å². The summed E-state index contributed by atoms with van der Waals surface area (Å²) in [5.74, 6) is 0.222. The molecule has 1 aromatic carbocycles. The highest BCUT2D eigenvalue weighted by atomic mass is 35.5. The molecule has 2 rings (SSSR count).